The second kappa shape index (κ2) is 15.4. The lowest BCUT2D eigenvalue weighted by Crippen LogP contribution is -2.53. The topological polar surface area (TPSA) is 103 Å². The lowest BCUT2D eigenvalue weighted by molar-refractivity contribution is -0.124. The van der Waals surface area contributed by atoms with E-state index in [1.165, 1.54) is 12.1 Å². The molecule has 2 aromatic rings. The Morgan fingerprint density at radius 2 is 1.81 bits per heavy atom. The summed E-state index contributed by atoms with van der Waals surface area (Å²) in [7, 11) is 0. The van der Waals surface area contributed by atoms with Gasteiger partial charge < -0.3 is 25.8 Å². The van der Waals surface area contributed by atoms with Crippen LogP contribution < -0.4 is 16.4 Å². The van der Waals surface area contributed by atoms with Crippen LogP contribution in [0.4, 0.5) is 13.6 Å². The Morgan fingerprint density at radius 1 is 1.19 bits per heavy atom. The van der Waals surface area contributed by atoms with Crippen LogP contribution in [0.15, 0.2) is 84.4 Å². The quantitative estimate of drug-likeness (QED) is 0.269. The molecule has 0 radical (unpaired) electrons. The average molecular weight is 582 g/mol. The largest absolute Gasteiger partial charge is 0.448 e. The van der Waals surface area contributed by atoms with Crippen LogP contribution in [0.5, 0.6) is 0 Å². The van der Waals surface area contributed by atoms with E-state index in [0.29, 0.717) is 24.2 Å². The zero-order valence-electron chi connectivity index (χ0n) is 24.7. The summed E-state index contributed by atoms with van der Waals surface area (Å²) in [5, 5.41) is 6.23. The maximum Gasteiger partial charge on any atom is 0.404 e. The SMILES string of the molecule is C=C/C(F)=C(CC[C@@H]1CN[C@H](COC(N)=O)[C@@H](C)O1)\C(=C/C)NC(=O)[C@@H](C)C(c1ccc(C)cc1)c1ccc(F)cc1. The standard InChI is InChI=1S/C33H41F2N3O4/c1-6-28(35)27(17-16-26-18-37-30(22(5)42-26)19-41-33(36)40)29(7-2)38-32(39)21(4)31(23-10-8-20(3)9-11-23)24-12-14-25(34)15-13-24/h6-15,21-22,26,30-31,37H,1,16-19H2,2-5H3,(H2,36,40)(H,38,39)/b28-27+,29-7+/t21-,22+,26+,30+,31?/m0/s1. The molecule has 1 saturated heterocycles. The number of ether oxygens (including phenoxy) is 2. The molecule has 226 valence electrons. The van der Waals surface area contributed by atoms with E-state index in [9.17, 15) is 14.0 Å². The molecule has 1 aliphatic rings. The number of halogens is 2. The fourth-order valence-corrected chi connectivity index (χ4v) is 5.18. The van der Waals surface area contributed by atoms with E-state index < -0.39 is 17.8 Å². The predicted octanol–water partition coefficient (Wildman–Crippen LogP) is 5.95. The van der Waals surface area contributed by atoms with Crippen LogP contribution in [-0.4, -0.2) is 43.4 Å². The number of primary amides is 1. The molecule has 0 saturated carbocycles. The van der Waals surface area contributed by atoms with Gasteiger partial charge in [-0.1, -0.05) is 61.5 Å². The number of allylic oxidation sites excluding steroid dienone is 4. The number of carbonyl (C=O) groups excluding carboxylic acids is 2. The monoisotopic (exact) mass is 581 g/mol. The van der Waals surface area contributed by atoms with E-state index in [0.717, 1.165) is 22.8 Å². The molecule has 3 rings (SSSR count). The van der Waals surface area contributed by atoms with Crippen LogP contribution in [0.2, 0.25) is 0 Å². The van der Waals surface area contributed by atoms with Crippen LogP contribution in [0.25, 0.3) is 0 Å². The maximum absolute atomic E-state index is 15.1. The number of hydrogen-bond donors (Lipinski definition) is 3. The van der Waals surface area contributed by atoms with Crippen molar-refractivity contribution in [2.24, 2.45) is 11.7 Å². The zero-order valence-corrected chi connectivity index (χ0v) is 24.7. The predicted molar refractivity (Wildman–Crippen MR) is 160 cm³/mol. The molecule has 1 fully saturated rings. The highest BCUT2D eigenvalue weighted by atomic mass is 19.1. The fraction of sp³-hybridized carbons (Fsp3) is 0.394. The molecule has 2 amide bonds. The lowest BCUT2D eigenvalue weighted by Gasteiger charge is -2.35. The Labute approximate surface area is 246 Å². The molecule has 1 heterocycles. The Bertz CT molecular complexity index is 1250. The summed E-state index contributed by atoms with van der Waals surface area (Å²) in [5.41, 5.74) is 8.53. The number of rotatable bonds is 12. The Hall–Kier alpha value is -3.82. The average Bonchev–Trinajstić information content (AvgIpc) is 2.97. The highest BCUT2D eigenvalue weighted by Gasteiger charge is 2.31. The Kier molecular flexibility index (Phi) is 12.0. The van der Waals surface area contributed by atoms with E-state index in [4.69, 9.17) is 15.2 Å². The molecule has 0 bridgehead atoms. The number of morpholine rings is 1. The molecule has 0 aliphatic carbocycles. The van der Waals surface area contributed by atoms with Crippen LogP contribution in [0, 0.1) is 18.7 Å². The second-order valence-electron chi connectivity index (χ2n) is 10.6. The molecule has 4 N–H and O–H groups in total. The number of nitrogens with two attached hydrogens (primary N) is 1. The number of amides is 2. The van der Waals surface area contributed by atoms with Crippen molar-refractivity contribution in [1.29, 1.82) is 0 Å². The molecule has 9 heteroatoms. The van der Waals surface area contributed by atoms with E-state index in [2.05, 4.69) is 17.2 Å². The van der Waals surface area contributed by atoms with Crippen molar-refractivity contribution < 1.29 is 27.8 Å². The summed E-state index contributed by atoms with van der Waals surface area (Å²) in [4.78, 5) is 24.6. The highest BCUT2D eigenvalue weighted by molar-refractivity contribution is 5.82. The summed E-state index contributed by atoms with van der Waals surface area (Å²) >= 11 is 0. The van der Waals surface area contributed by atoms with Gasteiger partial charge in [0, 0.05) is 29.7 Å². The smallest absolute Gasteiger partial charge is 0.404 e. The molecule has 1 unspecified atom stereocenters. The minimum Gasteiger partial charge on any atom is -0.448 e. The van der Waals surface area contributed by atoms with Crippen molar-refractivity contribution in [1.82, 2.24) is 10.6 Å². The van der Waals surface area contributed by atoms with E-state index in [1.54, 1.807) is 25.1 Å². The van der Waals surface area contributed by atoms with Gasteiger partial charge in [-0.05, 0) is 62.9 Å². The summed E-state index contributed by atoms with van der Waals surface area (Å²) in [6.45, 7) is 11.5. The summed E-state index contributed by atoms with van der Waals surface area (Å²) < 4.78 is 39.8. The van der Waals surface area contributed by atoms with Gasteiger partial charge >= 0.3 is 6.09 Å². The van der Waals surface area contributed by atoms with Gasteiger partial charge in [-0.15, -0.1) is 0 Å². The first-order valence-corrected chi connectivity index (χ1v) is 14.2. The fourth-order valence-electron chi connectivity index (χ4n) is 5.18. The van der Waals surface area contributed by atoms with Crippen molar-refractivity contribution in [2.45, 2.75) is 64.7 Å². The first-order valence-electron chi connectivity index (χ1n) is 14.2. The lowest BCUT2D eigenvalue weighted by atomic mass is 9.81. The highest BCUT2D eigenvalue weighted by Crippen LogP contribution is 2.33. The van der Waals surface area contributed by atoms with Crippen LogP contribution in [0.3, 0.4) is 0 Å². The number of hydrogen-bond acceptors (Lipinski definition) is 5. The molecule has 2 aromatic carbocycles. The van der Waals surface area contributed by atoms with Gasteiger partial charge in [0.15, 0.2) is 0 Å². The van der Waals surface area contributed by atoms with Crippen LogP contribution >= 0.6 is 0 Å². The molecule has 42 heavy (non-hydrogen) atoms. The van der Waals surface area contributed by atoms with E-state index >= 15 is 4.39 Å². The minimum atomic E-state index is -0.848. The van der Waals surface area contributed by atoms with Gasteiger partial charge in [0.1, 0.15) is 18.3 Å². The third-order valence-electron chi connectivity index (χ3n) is 7.62. The minimum absolute atomic E-state index is 0.0912. The van der Waals surface area contributed by atoms with E-state index in [-0.39, 0.29) is 48.9 Å². The van der Waals surface area contributed by atoms with Crippen molar-refractivity contribution in [3.05, 3.63) is 107 Å². The Balaban J connectivity index is 1.74. The molecule has 7 nitrogen and oxygen atoms in total. The third-order valence-corrected chi connectivity index (χ3v) is 7.62. The first-order chi connectivity index (χ1) is 20.0. The third kappa shape index (κ3) is 8.84. The molecule has 1 aliphatic heterocycles. The van der Waals surface area contributed by atoms with Crippen molar-refractivity contribution in [2.75, 3.05) is 13.2 Å². The Morgan fingerprint density at radius 3 is 2.36 bits per heavy atom. The van der Waals surface area contributed by atoms with Gasteiger partial charge in [-0.3, -0.25) is 4.79 Å². The number of nitrogens with one attached hydrogen (secondary N) is 2. The van der Waals surface area contributed by atoms with Crippen LogP contribution in [-0.2, 0) is 14.3 Å². The molecular weight excluding hydrogens is 540 g/mol. The number of carbonyl (C=O) groups is 2. The summed E-state index contributed by atoms with van der Waals surface area (Å²) in [6, 6.07) is 13.8. The molecule has 0 spiro atoms. The van der Waals surface area contributed by atoms with Gasteiger partial charge in [0.05, 0.1) is 18.2 Å². The summed E-state index contributed by atoms with van der Waals surface area (Å²) in [6.07, 6.45) is 2.22. The van der Waals surface area contributed by atoms with Gasteiger partial charge in [-0.2, -0.15) is 0 Å². The van der Waals surface area contributed by atoms with Crippen molar-refractivity contribution in [3.8, 4) is 0 Å². The zero-order chi connectivity index (χ0) is 30.8. The number of aryl methyl sites for hydroxylation is 1. The summed E-state index contributed by atoms with van der Waals surface area (Å²) in [5.74, 6) is -2.10. The first kappa shape index (κ1) is 32.7. The van der Waals surface area contributed by atoms with Gasteiger partial charge in [0.25, 0.3) is 0 Å². The van der Waals surface area contributed by atoms with Gasteiger partial charge in [-0.25, -0.2) is 13.6 Å². The van der Waals surface area contributed by atoms with Crippen molar-refractivity contribution >= 4 is 12.0 Å². The number of benzene rings is 2. The second-order valence-corrected chi connectivity index (χ2v) is 10.6. The van der Waals surface area contributed by atoms with E-state index in [1.807, 2.05) is 45.0 Å². The molecule has 0 aromatic heterocycles. The molecular formula is C33H41F2N3O4. The molecule has 5 atom stereocenters. The van der Waals surface area contributed by atoms with Gasteiger partial charge in [0.2, 0.25) is 5.91 Å². The maximum atomic E-state index is 15.1. The van der Waals surface area contributed by atoms with Crippen LogP contribution in [0.1, 0.15) is 56.2 Å². The van der Waals surface area contributed by atoms with Crippen molar-refractivity contribution in [3.63, 3.8) is 0 Å². The normalized spacial score (nSPS) is 21.1.